The van der Waals surface area contributed by atoms with Crippen LogP contribution >= 0.6 is 23.2 Å². The minimum Gasteiger partial charge on any atom is -0.488 e. The van der Waals surface area contributed by atoms with Gasteiger partial charge < -0.3 is 10.1 Å². The summed E-state index contributed by atoms with van der Waals surface area (Å²) in [6.45, 7) is 11.4. The summed E-state index contributed by atoms with van der Waals surface area (Å²) >= 11 is 11.9. The van der Waals surface area contributed by atoms with E-state index in [0.29, 0.717) is 28.9 Å². The first-order chi connectivity index (χ1) is 8.28. The minimum atomic E-state index is 0.0661. The highest BCUT2D eigenvalue weighted by atomic mass is 35.5. The highest BCUT2D eigenvalue weighted by molar-refractivity contribution is 6.34. The molecule has 1 aromatic rings. The molecule has 0 aliphatic heterocycles. The highest BCUT2D eigenvalue weighted by Crippen LogP contribution is 2.27. The quantitative estimate of drug-likeness (QED) is 0.815. The van der Waals surface area contributed by atoms with Crippen LogP contribution in [-0.2, 0) is 0 Å². The summed E-state index contributed by atoms with van der Waals surface area (Å²) in [4.78, 5) is 0. The van der Waals surface area contributed by atoms with Crippen molar-refractivity contribution in [2.75, 3.05) is 13.2 Å². The molecule has 1 N–H and O–H groups in total. The maximum Gasteiger partial charge on any atom is 0.139 e. The van der Waals surface area contributed by atoms with Gasteiger partial charge >= 0.3 is 0 Å². The summed E-state index contributed by atoms with van der Waals surface area (Å²) < 4.78 is 5.59. The summed E-state index contributed by atoms with van der Waals surface area (Å²) in [7, 11) is 0. The van der Waals surface area contributed by atoms with Gasteiger partial charge in [-0.3, -0.25) is 0 Å². The minimum absolute atomic E-state index is 0.0661. The molecule has 2 nitrogen and oxygen atoms in total. The first kappa shape index (κ1) is 15.4. The van der Waals surface area contributed by atoms with Gasteiger partial charge in [0.25, 0.3) is 0 Å². The fourth-order valence-corrected chi connectivity index (χ4v) is 1.54. The molecule has 0 spiro atoms. The highest BCUT2D eigenvalue weighted by Gasteiger charge is 2.09. The van der Waals surface area contributed by atoms with Crippen LogP contribution in [0.3, 0.4) is 0 Å². The van der Waals surface area contributed by atoms with Gasteiger partial charge in [-0.05, 0) is 38.5 Å². The number of hydrogen-bond acceptors (Lipinski definition) is 2. The maximum atomic E-state index is 6.00. The molecule has 18 heavy (non-hydrogen) atoms. The number of benzene rings is 1. The van der Waals surface area contributed by atoms with Gasteiger partial charge in [-0.15, -0.1) is 0 Å². The molecule has 0 radical (unpaired) electrons. The van der Waals surface area contributed by atoms with Crippen LogP contribution in [0.4, 0.5) is 0 Å². The van der Waals surface area contributed by atoms with E-state index in [1.165, 1.54) is 0 Å². The smallest absolute Gasteiger partial charge is 0.139 e. The first-order valence-electron chi connectivity index (χ1n) is 5.77. The molecule has 0 fully saturated rings. The van der Waals surface area contributed by atoms with Crippen LogP contribution in [-0.4, -0.2) is 18.7 Å². The van der Waals surface area contributed by atoms with Crippen LogP contribution < -0.4 is 10.1 Å². The molecule has 4 heteroatoms. The predicted octanol–water partition coefficient (Wildman–Crippen LogP) is 4.32. The van der Waals surface area contributed by atoms with Gasteiger partial charge in [-0.2, -0.15) is 0 Å². The van der Waals surface area contributed by atoms with Gasteiger partial charge in [0.15, 0.2) is 0 Å². The maximum absolute atomic E-state index is 6.00. The van der Waals surface area contributed by atoms with E-state index >= 15 is 0 Å². The molecule has 0 aliphatic rings. The third-order valence-electron chi connectivity index (χ3n) is 2.19. The van der Waals surface area contributed by atoms with E-state index in [1.54, 1.807) is 18.2 Å². The van der Waals surface area contributed by atoms with Crippen molar-refractivity contribution < 1.29 is 4.74 Å². The molecule has 0 aromatic heterocycles. The first-order valence-corrected chi connectivity index (χ1v) is 6.53. The van der Waals surface area contributed by atoms with Gasteiger partial charge in [0, 0.05) is 23.2 Å². The summed E-state index contributed by atoms with van der Waals surface area (Å²) in [5, 5.41) is 4.50. The van der Waals surface area contributed by atoms with Gasteiger partial charge in [-0.1, -0.05) is 29.8 Å². The summed E-state index contributed by atoms with van der Waals surface area (Å²) in [5.41, 5.74) is 1.03. The second-order valence-electron chi connectivity index (χ2n) is 5.22. The fraction of sp³-hybridized carbons (Fsp3) is 0.429. The predicted molar refractivity (Wildman–Crippen MR) is 78.9 cm³/mol. The standard InChI is InChI=1S/C14H19Cl2NO/c1-10(8-17-14(2,3)4)9-18-13-7-11(15)5-6-12(13)16/h5-7,17H,1,8-9H2,2-4H3. The fourth-order valence-electron chi connectivity index (χ4n) is 1.21. The molecule has 0 bridgehead atoms. The van der Waals surface area contributed by atoms with E-state index in [9.17, 15) is 0 Å². The second kappa shape index (κ2) is 6.46. The number of nitrogens with one attached hydrogen (secondary N) is 1. The van der Waals surface area contributed by atoms with Crippen molar-refractivity contribution in [1.29, 1.82) is 0 Å². The zero-order valence-corrected chi connectivity index (χ0v) is 12.5. The molecule has 0 unspecified atom stereocenters. The van der Waals surface area contributed by atoms with Crippen molar-refractivity contribution in [2.24, 2.45) is 0 Å². The lowest BCUT2D eigenvalue weighted by atomic mass is 10.1. The largest absolute Gasteiger partial charge is 0.488 e. The van der Waals surface area contributed by atoms with Gasteiger partial charge in [0.05, 0.1) is 5.02 Å². The zero-order valence-electron chi connectivity index (χ0n) is 11.0. The molecule has 1 rings (SSSR count). The van der Waals surface area contributed by atoms with Gasteiger partial charge in [-0.25, -0.2) is 0 Å². The Kier molecular flexibility index (Phi) is 5.51. The van der Waals surface area contributed by atoms with Crippen molar-refractivity contribution in [2.45, 2.75) is 26.3 Å². The van der Waals surface area contributed by atoms with Crippen molar-refractivity contribution >= 4 is 23.2 Å². The third-order valence-corrected chi connectivity index (χ3v) is 2.74. The van der Waals surface area contributed by atoms with Gasteiger partial charge in [0.1, 0.15) is 12.4 Å². The average Bonchev–Trinajstić information content (AvgIpc) is 2.26. The Morgan fingerprint density at radius 2 is 2.00 bits per heavy atom. The molecule has 100 valence electrons. The average molecular weight is 288 g/mol. The topological polar surface area (TPSA) is 21.3 Å². The number of hydrogen-bond donors (Lipinski definition) is 1. The van der Waals surface area contributed by atoms with Crippen LogP contribution in [0.1, 0.15) is 20.8 Å². The Labute approximate surface area is 119 Å². The zero-order chi connectivity index (χ0) is 13.8. The van der Waals surface area contributed by atoms with Crippen LogP contribution in [0.2, 0.25) is 10.0 Å². The number of halogens is 2. The Bertz CT molecular complexity index is 424. The molecule has 1 aromatic carbocycles. The summed E-state index contributed by atoms with van der Waals surface area (Å²) in [6.07, 6.45) is 0. The molecule has 0 saturated carbocycles. The SMILES string of the molecule is C=C(CNC(C)(C)C)COc1cc(Cl)ccc1Cl. The van der Waals surface area contributed by atoms with Crippen LogP contribution in [0, 0.1) is 0 Å². The number of ether oxygens (including phenoxy) is 1. The molecule has 0 heterocycles. The summed E-state index contributed by atoms with van der Waals surface area (Å²) in [6, 6.07) is 5.15. The summed E-state index contributed by atoms with van der Waals surface area (Å²) in [5.74, 6) is 0.584. The van der Waals surface area contributed by atoms with Crippen molar-refractivity contribution in [1.82, 2.24) is 5.32 Å². The Morgan fingerprint density at radius 1 is 1.33 bits per heavy atom. The molecule has 0 amide bonds. The Morgan fingerprint density at radius 3 is 2.61 bits per heavy atom. The van der Waals surface area contributed by atoms with Gasteiger partial charge in [0.2, 0.25) is 0 Å². The van der Waals surface area contributed by atoms with E-state index in [4.69, 9.17) is 27.9 Å². The normalized spacial score (nSPS) is 11.4. The second-order valence-corrected chi connectivity index (χ2v) is 6.06. The lowest BCUT2D eigenvalue weighted by Crippen LogP contribution is -2.37. The molecule has 0 aliphatic carbocycles. The van der Waals surface area contributed by atoms with E-state index < -0.39 is 0 Å². The van der Waals surface area contributed by atoms with E-state index in [0.717, 1.165) is 5.57 Å². The molecular weight excluding hydrogens is 269 g/mol. The molecular formula is C14H19Cl2NO. The molecule has 0 atom stereocenters. The van der Waals surface area contributed by atoms with Crippen molar-refractivity contribution in [3.05, 3.63) is 40.4 Å². The Hall–Kier alpha value is -0.700. The molecule has 0 saturated heterocycles. The van der Waals surface area contributed by atoms with Crippen LogP contribution in [0.15, 0.2) is 30.4 Å². The lowest BCUT2D eigenvalue weighted by Gasteiger charge is -2.21. The van der Waals surface area contributed by atoms with E-state index in [-0.39, 0.29) is 5.54 Å². The van der Waals surface area contributed by atoms with E-state index in [2.05, 4.69) is 32.7 Å². The van der Waals surface area contributed by atoms with Crippen molar-refractivity contribution in [3.63, 3.8) is 0 Å². The Balaban J connectivity index is 2.45. The van der Waals surface area contributed by atoms with E-state index in [1.807, 2.05) is 0 Å². The van der Waals surface area contributed by atoms with Crippen LogP contribution in [0.5, 0.6) is 5.75 Å². The lowest BCUT2D eigenvalue weighted by molar-refractivity contribution is 0.342. The van der Waals surface area contributed by atoms with Crippen molar-refractivity contribution in [3.8, 4) is 5.75 Å². The van der Waals surface area contributed by atoms with Crippen LogP contribution in [0.25, 0.3) is 0 Å². The monoisotopic (exact) mass is 287 g/mol. The third kappa shape index (κ3) is 5.76. The number of rotatable bonds is 5.